The summed E-state index contributed by atoms with van der Waals surface area (Å²) in [6.07, 6.45) is 5.83. The lowest BCUT2D eigenvalue weighted by atomic mass is 10.2. The highest BCUT2D eigenvalue weighted by atomic mass is 16.1. The Labute approximate surface area is 81.2 Å². The van der Waals surface area contributed by atoms with E-state index in [0.717, 1.165) is 17.7 Å². The zero-order chi connectivity index (χ0) is 9.97. The van der Waals surface area contributed by atoms with E-state index in [-0.39, 0.29) is 0 Å². The summed E-state index contributed by atoms with van der Waals surface area (Å²) in [6.45, 7) is 1.90. The second-order valence-corrected chi connectivity index (χ2v) is 2.98. The first kappa shape index (κ1) is 8.62. The van der Waals surface area contributed by atoms with Crippen molar-refractivity contribution in [2.75, 3.05) is 0 Å². The molecule has 2 aromatic heterocycles. The van der Waals surface area contributed by atoms with E-state index in [1.165, 1.54) is 6.20 Å². The smallest absolute Gasteiger partial charge is 0.156 e. The second-order valence-electron chi connectivity index (χ2n) is 2.98. The van der Waals surface area contributed by atoms with Crippen LogP contribution < -0.4 is 0 Å². The summed E-state index contributed by atoms with van der Waals surface area (Å²) in [5.41, 5.74) is 1.51. The first-order valence-electron chi connectivity index (χ1n) is 4.23. The fourth-order valence-corrected chi connectivity index (χ4v) is 1.29. The molecule has 0 N–H and O–H groups in total. The molecule has 0 spiro atoms. The highest BCUT2D eigenvalue weighted by molar-refractivity contribution is 5.74. The Morgan fingerprint density at radius 1 is 1.50 bits per heavy atom. The summed E-state index contributed by atoms with van der Waals surface area (Å²) in [4.78, 5) is 14.7. The monoisotopic (exact) mass is 187 g/mol. The number of carbonyl (C=O) groups is 1. The van der Waals surface area contributed by atoms with Crippen LogP contribution in [0.2, 0.25) is 0 Å². The van der Waals surface area contributed by atoms with Crippen molar-refractivity contribution in [3.63, 3.8) is 0 Å². The Hall–Kier alpha value is -1.97. The number of hydrogen-bond acceptors (Lipinski definition) is 3. The van der Waals surface area contributed by atoms with Crippen LogP contribution in [0.25, 0.3) is 5.82 Å². The Bertz CT molecular complexity index is 448. The molecule has 4 nitrogen and oxygen atoms in total. The number of rotatable bonds is 2. The van der Waals surface area contributed by atoms with Gasteiger partial charge in [0.15, 0.2) is 12.1 Å². The van der Waals surface area contributed by atoms with Crippen LogP contribution >= 0.6 is 0 Å². The maximum Gasteiger partial charge on any atom is 0.156 e. The van der Waals surface area contributed by atoms with Gasteiger partial charge in [-0.2, -0.15) is 5.10 Å². The third-order valence-corrected chi connectivity index (χ3v) is 1.93. The third kappa shape index (κ3) is 1.42. The number of nitrogens with zero attached hydrogens (tertiary/aromatic N) is 3. The Balaban J connectivity index is 2.51. The number of aryl methyl sites for hydroxylation is 1. The lowest BCUT2D eigenvalue weighted by Crippen LogP contribution is -2.01. The molecule has 0 atom stereocenters. The SMILES string of the molecule is Cc1cc(C=O)cnc1-n1cccn1. The zero-order valence-electron chi connectivity index (χ0n) is 7.71. The van der Waals surface area contributed by atoms with E-state index in [1.54, 1.807) is 16.9 Å². The maximum absolute atomic E-state index is 10.5. The molecule has 0 radical (unpaired) electrons. The van der Waals surface area contributed by atoms with E-state index in [1.807, 2.05) is 19.2 Å². The molecule has 2 rings (SSSR count). The van der Waals surface area contributed by atoms with Crippen molar-refractivity contribution >= 4 is 6.29 Å². The number of aldehydes is 1. The number of pyridine rings is 1. The van der Waals surface area contributed by atoms with Crippen LogP contribution in [0.4, 0.5) is 0 Å². The van der Waals surface area contributed by atoms with E-state index in [4.69, 9.17) is 0 Å². The van der Waals surface area contributed by atoms with Gasteiger partial charge in [0, 0.05) is 24.2 Å². The van der Waals surface area contributed by atoms with Gasteiger partial charge < -0.3 is 0 Å². The van der Waals surface area contributed by atoms with Crippen LogP contribution in [0.1, 0.15) is 15.9 Å². The molecule has 0 aliphatic heterocycles. The molecule has 0 aliphatic rings. The van der Waals surface area contributed by atoms with E-state index < -0.39 is 0 Å². The molecule has 0 saturated carbocycles. The molecular weight excluding hydrogens is 178 g/mol. The average Bonchev–Trinajstić information content (AvgIpc) is 2.70. The molecule has 4 heteroatoms. The first-order valence-corrected chi connectivity index (χ1v) is 4.23. The Morgan fingerprint density at radius 3 is 2.93 bits per heavy atom. The van der Waals surface area contributed by atoms with Gasteiger partial charge in [-0.05, 0) is 24.6 Å². The predicted octanol–water partition coefficient (Wildman–Crippen LogP) is 1.39. The van der Waals surface area contributed by atoms with Gasteiger partial charge in [0.1, 0.15) is 0 Å². The van der Waals surface area contributed by atoms with Crippen LogP contribution in [0.3, 0.4) is 0 Å². The highest BCUT2D eigenvalue weighted by Crippen LogP contribution is 2.10. The lowest BCUT2D eigenvalue weighted by molar-refractivity contribution is 0.112. The molecule has 70 valence electrons. The minimum atomic E-state index is 0.582. The maximum atomic E-state index is 10.5. The van der Waals surface area contributed by atoms with Crippen LogP contribution in [0, 0.1) is 6.92 Å². The fourth-order valence-electron chi connectivity index (χ4n) is 1.29. The van der Waals surface area contributed by atoms with Gasteiger partial charge in [-0.1, -0.05) is 0 Å². The summed E-state index contributed by atoms with van der Waals surface area (Å²) >= 11 is 0. The second kappa shape index (κ2) is 3.41. The standard InChI is InChI=1S/C10H9N3O/c1-8-5-9(7-14)6-11-10(8)13-4-2-3-12-13/h2-7H,1H3. The first-order chi connectivity index (χ1) is 6.81. The van der Waals surface area contributed by atoms with Crippen molar-refractivity contribution in [2.45, 2.75) is 6.92 Å². The molecule has 0 fully saturated rings. The topological polar surface area (TPSA) is 47.8 Å². The fraction of sp³-hybridized carbons (Fsp3) is 0.100. The molecular formula is C10H9N3O. The third-order valence-electron chi connectivity index (χ3n) is 1.93. The van der Waals surface area contributed by atoms with Crippen LogP contribution in [0.15, 0.2) is 30.7 Å². The predicted molar refractivity (Wildman–Crippen MR) is 51.5 cm³/mol. The summed E-state index contributed by atoms with van der Waals surface area (Å²) in [5, 5.41) is 4.07. The van der Waals surface area contributed by atoms with Gasteiger partial charge in [-0.15, -0.1) is 0 Å². The van der Waals surface area contributed by atoms with E-state index in [0.29, 0.717) is 5.56 Å². The summed E-state index contributed by atoms with van der Waals surface area (Å²) in [5.74, 6) is 0.751. The van der Waals surface area contributed by atoms with Crippen LogP contribution in [-0.2, 0) is 0 Å². The molecule has 0 bridgehead atoms. The molecule has 0 amide bonds. The number of hydrogen-bond donors (Lipinski definition) is 0. The quantitative estimate of drug-likeness (QED) is 0.667. The Kier molecular flexibility index (Phi) is 2.10. The van der Waals surface area contributed by atoms with Gasteiger partial charge in [0.05, 0.1) is 0 Å². The molecule has 0 saturated heterocycles. The molecule has 0 unspecified atom stereocenters. The van der Waals surface area contributed by atoms with Gasteiger partial charge in [-0.3, -0.25) is 4.79 Å². The molecule has 2 heterocycles. The minimum absolute atomic E-state index is 0.582. The molecule has 2 aromatic rings. The minimum Gasteiger partial charge on any atom is -0.298 e. The normalized spacial score (nSPS) is 10.1. The van der Waals surface area contributed by atoms with Crippen LogP contribution in [0.5, 0.6) is 0 Å². The average molecular weight is 187 g/mol. The summed E-state index contributed by atoms with van der Waals surface area (Å²) < 4.78 is 1.67. The van der Waals surface area contributed by atoms with Crippen molar-refractivity contribution in [3.8, 4) is 5.82 Å². The van der Waals surface area contributed by atoms with Crippen molar-refractivity contribution in [1.82, 2.24) is 14.8 Å². The largest absolute Gasteiger partial charge is 0.298 e. The molecule has 0 aromatic carbocycles. The van der Waals surface area contributed by atoms with Gasteiger partial charge in [0.25, 0.3) is 0 Å². The van der Waals surface area contributed by atoms with E-state index >= 15 is 0 Å². The summed E-state index contributed by atoms with van der Waals surface area (Å²) in [7, 11) is 0. The number of aromatic nitrogens is 3. The molecule has 14 heavy (non-hydrogen) atoms. The molecule has 0 aliphatic carbocycles. The van der Waals surface area contributed by atoms with Crippen molar-refractivity contribution in [2.24, 2.45) is 0 Å². The van der Waals surface area contributed by atoms with Crippen molar-refractivity contribution < 1.29 is 4.79 Å². The van der Waals surface area contributed by atoms with Crippen LogP contribution in [-0.4, -0.2) is 21.1 Å². The van der Waals surface area contributed by atoms with Crippen molar-refractivity contribution in [3.05, 3.63) is 41.9 Å². The van der Waals surface area contributed by atoms with E-state index in [2.05, 4.69) is 10.1 Å². The van der Waals surface area contributed by atoms with Gasteiger partial charge >= 0.3 is 0 Å². The Morgan fingerprint density at radius 2 is 2.36 bits per heavy atom. The van der Waals surface area contributed by atoms with Crippen molar-refractivity contribution in [1.29, 1.82) is 0 Å². The van der Waals surface area contributed by atoms with E-state index in [9.17, 15) is 4.79 Å². The highest BCUT2D eigenvalue weighted by Gasteiger charge is 2.03. The zero-order valence-corrected chi connectivity index (χ0v) is 7.71. The lowest BCUT2D eigenvalue weighted by Gasteiger charge is -2.04. The number of carbonyl (C=O) groups excluding carboxylic acids is 1. The van der Waals surface area contributed by atoms with Gasteiger partial charge in [0.2, 0.25) is 0 Å². The van der Waals surface area contributed by atoms with Gasteiger partial charge in [-0.25, -0.2) is 9.67 Å². The summed E-state index contributed by atoms with van der Waals surface area (Å²) in [6, 6.07) is 3.62.